The lowest BCUT2D eigenvalue weighted by Gasteiger charge is -2.20. The van der Waals surface area contributed by atoms with Gasteiger partial charge in [0.05, 0.1) is 0 Å². The average Bonchev–Trinajstić information content (AvgIpc) is 2.45. The third-order valence-corrected chi connectivity index (χ3v) is 4.87. The van der Waals surface area contributed by atoms with Crippen LogP contribution >= 0.6 is 15.9 Å². The van der Waals surface area contributed by atoms with Crippen molar-refractivity contribution >= 4 is 15.9 Å². The van der Waals surface area contributed by atoms with E-state index in [2.05, 4.69) is 55.8 Å². The topological polar surface area (TPSA) is 0 Å². The van der Waals surface area contributed by atoms with Crippen LogP contribution in [0.1, 0.15) is 80.5 Å². The first kappa shape index (κ1) is 16.8. The highest BCUT2D eigenvalue weighted by Gasteiger charge is 2.16. The first-order valence-electron chi connectivity index (χ1n) is 7.96. The summed E-state index contributed by atoms with van der Waals surface area (Å²) in [7, 11) is 0. The van der Waals surface area contributed by atoms with E-state index in [-0.39, 0.29) is 0 Å². The summed E-state index contributed by atoms with van der Waals surface area (Å²) in [5.41, 5.74) is 6.17. The van der Waals surface area contributed by atoms with E-state index in [0.29, 0.717) is 4.83 Å². The Labute approximate surface area is 128 Å². The van der Waals surface area contributed by atoms with Gasteiger partial charge in [-0.2, -0.15) is 0 Å². The fourth-order valence-electron chi connectivity index (χ4n) is 2.76. The molecule has 0 nitrogen and oxygen atoms in total. The van der Waals surface area contributed by atoms with Crippen LogP contribution in [0.4, 0.5) is 0 Å². The number of hydrogen-bond donors (Lipinski definition) is 0. The predicted molar refractivity (Wildman–Crippen MR) is 90.4 cm³/mol. The number of hydrogen-bond acceptors (Lipinski definition) is 0. The lowest BCUT2D eigenvalue weighted by Crippen LogP contribution is -2.04. The highest BCUT2D eigenvalue weighted by molar-refractivity contribution is 9.09. The van der Waals surface area contributed by atoms with Crippen molar-refractivity contribution < 1.29 is 0 Å². The molecule has 0 aliphatic rings. The molecule has 1 rings (SSSR count). The third kappa shape index (κ3) is 4.63. The molecule has 0 spiro atoms. The Kier molecular flexibility index (Phi) is 7.75. The van der Waals surface area contributed by atoms with Gasteiger partial charge in [0.25, 0.3) is 0 Å². The second-order valence-electron chi connectivity index (χ2n) is 5.35. The van der Waals surface area contributed by atoms with Crippen LogP contribution in [-0.4, -0.2) is 0 Å². The molecule has 1 aromatic carbocycles. The summed E-state index contributed by atoms with van der Waals surface area (Å²) in [6, 6.07) is 4.84. The molecule has 1 unspecified atom stereocenters. The maximum Gasteiger partial charge on any atom is 0.0400 e. The number of rotatable bonds is 8. The molecule has 0 aromatic heterocycles. The predicted octanol–water partition coefficient (Wildman–Crippen LogP) is 6.39. The van der Waals surface area contributed by atoms with Gasteiger partial charge in [0.1, 0.15) is 0 Å². The minimum Gasteiger partial charge on any atom is -0.0839 e. The zero-order valence-corrected chi connectivity index (χ0v) is 14.6. The van der Waals surface area contributed by atoms with Crippen LogP contribution in [0.3, 0.4) is 0 Å². The number of aryl methyl sites for hydroxylation is 3. The Morgan fingerprint density at radius 1 is 0.895 bits per heavy atom. The summed E-state index contributed by atoms with van der Waals surface area (Å²) in [6.07, 6.45) is 8.67. The van der Waals surface area contributed by atoms with Gasteiger partial charge in [-0.25, -0.2) is 0 Å². The van der Waals surface area contributed by atoms with Gasteiger partial charge in [-0.05, 0) is 47.9 Å². The molecule has 0 heterocycles. The van der Waals surface area contributed by atoms with Gasteiger partial charge in [-0.15, -0.1) is 0 Å². The summed E-state index contributed by atoms with van der Waals surface area (Å²) in [4.78, 5) is 0.537. The largest absolute Gasteiger partial charge is 0.0839 e. The quantitative estimate of drug-likeness (QED) is 0.384. The molecule has 108 valence electrons. The van der Waals surface area contributed by atoms with Crippen molar-refractivity contribution in [1.29, 1.82) is 0 Å². The normalized spacial score (nSPS) is 12.7. The van der Waals surface area contributed by atoms with Crippen LogP contribution in [0, 0.1) is 0 Å². The Morgan fingerprint density at radius 2 is 1.47 bits per heavy atom. The molecule has 0 saturated heterocycles. The fraction of sp³-hybridized carbons (Fsp3) is 0.667. The Hall–Kier alpha value is -0.300. The highest BCUT2D eigenvalue weighted by atomic mass is 79.9. The van der Waals surface area contributed by atoms with Crippen molar-refractivity contribution in [2.75, 3.05) is 0 Å². The van der Waals surface area contributed by atoms with Crippen molar-refractivity contribution in [2.24, 2.45) is 0 Å². The summed E-state index contributed by atoms with van der Waals surface area (Å²) in [5.74, 6) is 0. The summed E-state index contributed by atoms with van der Waals surface area (Å²) >= 11 is 3.95. The van der Waals surface area contributed by atoms with E-state index in [1.54, 1.807) is 16.7 Å². The van der Waals surface area contributed by atoms with Gasteiger partial charge in [0.2, 0.25) is 0 Å². The van der Waals surface area contributed by atoms with Crippen molar-refractivity contribution in [1.82, 2.24) is 0 Å². The van der Waals surface area contributed by atoms with Crippen molar-refractivity contribution in [3.8, 4) is 0 Å². The molecular formula is C18H29Br. The Morgan fingerprint density at radius 3 is 1.89 bits per heavy atom. The zero-order chi connectivity index (χ0) is 14.3. The van der Waals surface area contributed by atoms with Gasteiger partial charge in [-0.1, -0.05) is 75.0 Å². The molecule has 0 N–H and O–H groups in total. The number of halogens is 1. The second kappa shape index (κ2) is 8.79. The fourth-order valence-corrected chi connectivity index (χ4v) is 3.67. The van der Waals surface area contributed by atoms with E-state index in [9.17, 15) is 0 Å². The van der Waals surface area contributed by atoms with E-state index in [1.165, 1.54) is 31.2 Å². The molecule has 1 aromatic rings. The molecule has 0 radical (unpaired) electrons. The van der Waals surface area contributed by atoms with Gasteiger partial charge in [-0.3, -0.25) is 0 Å². The zero-order valence-electron chi connectivity index (χ0n) is 13.1. The van der Waals surface area contributed by atoms with Crippen molar-refractivity contribution in [2.45, 2.75) is 77.5 Å². The van der Waals surface area contributed by atoms with E-state index >= 15 is 0 Å². The molecule has 19 heavy (non-hydrogen) atoms. The third-order valence-electron chi connectivity index (χ3n) is 3.96. The van der Waals surface area contributed by atoms with Gasteiger partial charge < -0.3 is 0 Å². The molecule has 0 aliphatic heterocycles. The van der Waals surface area contributed by atoms with Crippen LogP contribution in [0.2, 0.25) is 0 Å². The first-order valence-corrected chi connectivity index (χ1v) is 8.87. The maximum absolute atomic E-state index is 3.95. The van der Waals surface area contributed by atoms with E-state index < -0.39 is 0 Å². The van der Waals surface area contributed by atoms with Crippen LogP contribution in [0.15, 0.2) is 12.1 Å². The number of unbranched alkanes of at least 4 members (excludes halogenated alkanes) is 2. The second-order valence-corrected chi connectivity index (χ2v) is 6.46. The molecule has 1 atom stereocenters. The van der Waals surface area contributed by atoms with Gasteiger partial charge in [0, 0.05) is 4.83 Å². The number of alkyl halides is 1. The highest BCUT2D eigenvalue weighted by Crippen LogP contribution is 2.35. The van der Waals surface area contributed by atoms with Crippen LogP contribution < -0.4 is 0 Å². The SMILES string of the molecule is CCCCCC(Br)c1c(CC)cc(CC)cc1CC. The van der Waals surface area contributed by atoms with Crippen molar-refractivity contribution in [3.05, 3.63) is 34.4 Å². The van der Waals surface area contributed by atoms with E-state index in [4.69, 9.17) is 0 Å². The molecule has 0 aliphatic carbocycles. The molecule has 0 bridgehead atoms. The van der Waals surface area contributed by atoms with Gasteiger partial charge in [0.15, 0.2) is 0 Å². The van der Waals surface area contributed by atoms with E-state index in [0.717, 1.165) is 19.3 Å². The molecular weight excluding hydrogens is 296 g/mol. The summed E-state index contributed by atoms with van der Waals surface area (Å²) in [6.45, 7) is 9.09. The average molecular weight is 325 g/mol. The lowest BCUT2D eigenvalue weighted by atomic mass is 9.90. The van der Waals surface area contributed by atoms with Gasteiger partial charge >= 0.3 is 0 Å². The smallest absolute Gasteiger partial charge is 0.0400 e. The van der Waals surface area contributed by atoms with Crippen molar-refractivity contribution in [3.63, 3.8) is 0 Å². The molecule has 0 saturated carbocycles. The van der Waals surface area contributed by atoms with Crippen LogP contribution in [0.25, 0.3) is 0 Å². The van der Waals surface area contributed by atoms with Crippen LogP contribution in [0.5, 0.6) is 0 Å². The van der Waals surface area contributed by atoms with Crippen LogP contribution in [-0.2, 0) is 19.3 Å². The monoisotopic (exact) mass is 324 g/mol. The summed E-state index contributed by atoms with van der Waals surface area (Å²) < 4.78 is 0. The molecule has 1 heteroatoms. The molecule has 0 amide bonds. The first-order chi connectivity index (χ1) is 9.17. The Balaban J connectivity index is 3.02. The maximum atomic E-state index is 3.95. The number of benzene rings is 1. The minimum atomic E-state index is 0.537. The summed E-state index contributed by atoms with van der Waals surface area (Å²) in [5, 5.41) is 0. The lowest BCUT2D eigenvalue weighted by molar-refractivity contribution is 0.659. The standard InChI is InChI=1S/C18H29Br/c1-5-9-10-11-17(19)18-15(7-3)12-14(6-2)13-16(18)8-4/h12-13,17H,5-11H2,1-4H3. The van der Waals surface area contributed by atoms with E-state index in [1.807, 2.05) is 0 Å². The molecule has 0 fully saturated rings. The Bertz CT molecular complexity index is 356. The minimum absolute atomic E-state index is 0.537.